The molecule has 0 amide bonds. The molecule has 1 aliphatic heterocycles. The summed E-state index contributed by atoms with van der Waals surface area (Å²) in [6.45, 7) is 2.81. The van der Waals surface area contributed by atoms with Gasteiger partial charge < -0.3 is 4.74 Å². The molecule has 0 N–H and O–H groups in total. The van der Waals surface area contributed by atoms with E-state index in [-0.39, 0.29) is 5.97 Å². The van der Waals surface area contributed by atoms with E-state index in [9.17, 15) is 4.79 Å². The highest BCUT2D eigenvalue weighted by Crippen LogP contribution is 2.13. The molecule has 1 atom stereocenters. The smallest absolute Gasteiger partial charge is 0.309 e. The van der Waals surface area contributed by atoms with Crippen molar-refractivity contribution in [3.63, 3.8) is 0 Å². The summed E-state index contributed by atoms with van der Waals surface area (Å²) in [7, 11) is 0. The molecular formula is C17H28O2. The fourth-order valence-corrected chi connectivity index (χ4v) is 2.22. The van der Waals surface area contributed by atoms with E-state index in [2.05, 4.69) is 25.2 Å². The monoisotopic (exact) mass is 264 g/mol. The summed E-state index contributed by atoms with van der Waals surface area (Å²) in [6.07, 6.45) is 18.4. The van der Waals surface area contributed by atoms with Crippen molar-refractivity contribution in [1.29, 1.82) is 0 Å². The van der Waals surface area contributed by atoms with Gasteiger partial charge in [0, 0.05) is 0 Å². The van der Waals surface area contributed by atoms with Crippen molar-refractivity contribution in [3.05, 3.63) is 24.3 Å². The minimum absolute atomic E-state index is 0.0885. The van der Waals surface area contributed by atoms with Gasteiger partial charge in [-0.05, 0) is 50.9 Å². The third-order valence-electron chi connectivity index (χ3n) is 3.55. The SMILES string of the molecule is CC1CCC/C=C\CCCC/C=C/CC(=O)OCC1. The summed E-state index contributed by atoms with van der Waals surface area (Å²) < 4.78 is 5.23. The van der Waals surface area contributed by atoms with Crippen molar-refractivity contribution < 1.29 is 9.53 Å². The number of allylic oxidation sites excluding steroid dienone is 3. The summed E-state index contributed by atoms with van der Waals surface area (Å²) in [6, 6.07) is 0. The molecule has 2 heteroatoms. The average Bonchev–Trinajstić information content (AvgIpc) is 2.39. The fourth-order valence-electron chi connectivity index (χ4n) is 2.22. The van der Waals surface area contributed by atoms with Gasteiger partial charge in [0.2, 0.25) is 0 Å². The molecule has 0 bridgehead atoms. The van der Waals surface area contributed by atoms with Gasteiger partial charge in [-0.15, -0.1) is 0 Å². The van der Waals surface area contributed by atoms with Gasteiger partial charge in [0.25, 0.3) is 0 Å². The van der Waals surface area contributed by atoms with E-state index in [1.165, 1.54) is 38.5 Å². The van der Waals surface area contributed by atoms with Gasteiger partial charge in [0.1, 0.15) is 0 Å². The first-order valence-corrected chi connectivity index (χ1v) is 7.74. The molecule has 0 fully saturated rings. The molecule has 0 aliphatic carbocycles. The zero-order valence-corrected chi connectivity index (χ0v) is 12.3. The van der Waals surface area contributed by atoms with Gasteiger partial charge in [-0.25, -0.2) is 0 Å². The van der Waals surface area contributed by atoms with E-state index in [0.717, 1.165) is 12.8 Å². The molecule has 19 heavy (non-hydrogen) atoms. The second-order valence-electron chi connectivity index (χ2n) is 5.48. The van der Waals surface area contributed by atoms with Gasteiger partial charge in [-0.1, -0.05) is 37.6 Å². The molecule has 1 rings (SSSR count). The van der Waals surface area contributed by atoms with E-state index in [4.69, 9.17) is 4.74 Å². The molecule has 0 radical (unpaired) electrons. The lowest BCUT2D eigenvalue weighted by molar-refractivity contribution is -0.142. The minimum Gasteiger partial charge on any atom is -0.465 e. The topological polar surface area (TPSA) is 26.3 Å². The first kappa shape index (κ1) is 16.0. The molecule has 0 aromatic heterocycles. The van der Waals surface area contributed by atoms with Crippen molar-refractivity contribution in [2.24, 2.45) is 5.92 Å². The van der Waals surface area contributed by atoms with E-state index in [0.29, 0.717) is 18.9 Å². The molecule has 1 aliphatic rings. The number of cyclic esters (lactones) is 1. The molecule has 2 nitrogen and oxygen atoms in total. The molecule has 0 saturated carbocycles. The second kappa shape index (κ2) is 10.8. The number of carbonyl (C=O) groups is 1. The summed E-state index contributed by atoms with van der Waals surface area (Å²) in [5.74, 6) is 0.557. The Morgan fingerprint density at radius 2 is 1.58 bits per heavy atom. The quantitative estimate of drug-likeness (QED) is 0.464. The fraction of sp³-hybridized carbons (Fsp3) is 0.706. The predicted molar refractivity (Wildman–Crippen MR) is 80.0 cm³/mol. The third kappa shape index (κ3) is 9.52. The zero-order chi connectivity index (χ0) is 13.8. The van der Waals surface area contributed by atoms with Crippen molar-refractivity contribution >= 4 is 5.97 Å². The van der Waals surface area contributed by atoms with Gasteiger partial charge in [-0.3, -0.25) is 4.79 Å². The Balaban J connectivity index is 2.32. The Morgan fingerprint density at radius 3 is 2.32 bits per heavy atom. The van der Waals surface area contributed by atoms with E-state index in [1.54, 1.807) is 0 Å². The van der Waals surface area contributed by atoms with Crippen LogP contribution in [0.15, 0.2) is 24.3 Å². The summed E-state index contributed by atoms with van der Waals surface area (Å²) >= 11 is 0. The maximum Gasteiger partial charge on any atom is 0.309 e. The maximum atomic E-state index is 11.5. The zero-order valence-electron chi connectivity index (χ0n) is 12.3. The number of carbonyl (C=O) groups excluding carboxylic acids is 1. The molecule has 108 valence electrons. The number of rotatable bonds is 0. The van der Waals surface area contributed by atoms with Crippen LogP contribution in [0.4, 0.5) is 0 Å². The largest absolute Gasteiger partial charge is 0.465 e. The van der Waals surface area contributed by atoms with Crippen molar-refractivity contribution in [1.82, 2.24) is 0 Å². The predicted octanol–water partition coefficient (Wildman–Crippen LogP) is 4.80. The van der Waals surface area contributed by atoms with E-state index < -0.39 is 0 Å². The Labute approximate surface area is 117 Å². The number of hydrogen-bond donors (Lipinski definition) is 0. The molecule has 0 aromatic rings. The van der Waals surface area contributed by atoms with Gasteiger partial charge >= 0.3 is 5.97 Å². The highest BCUT2D eigenvalue weighted by Gasteiger charge is 2.04. The van der Waals surface area contributed by atoms with Crippen LogP contribution in [0.3, 0.4) is 0 Å². The van der Waals surface area contributed by atoms with Crippen LogP contribution in [-0.4, -0.2) is 12.6 Å². The molecular weight excluding hydrogens is 236 g/mol. The number of esters is 1. The van der Waals surface area contributed by atoms with Crippen LogP contribution >= 0.6 is 0 Å². The highest BCUT2D eigenvalue weighted by atomic mass is 16.5. The lowest BCUT2D eigenvalue weighted by atomic mass is 10.0. The number of ether oxygens (including phenoxy) is 1. The van der Waals surface area contributed by atoms with Gasteiger partial charge in [0.05, 0.1) is 13.0 Å². The van der Waals surface area contributed by atoms with Crippen LogP contribution in [0.25, 0.3) is 0 Å². The molecule has 0 saturated heterocycles. The van der Waals surface area contributed by atoms with Gasteiger partial charge in [0.15, 0.2) is 0 Å². The minimum atomic E-state index is -0.0885. The van der Waals surface area contributed by atoms with Crippen LogP contribution < -0.4 is 0 Å². The van der Waals surface area contributed by atoms with Gasteiger partial charge in [-0.2, -0.15) is 0 Å². The average molecular weight is 264 g/mol. The van der Waals surface area contributed by atoms with Crippen molar-refractivity contribution in [2.45, 2.75) is 64.7 Å². The Bertz CT molecular complexity index is 292. The lowest BCUT2D eigenvalue weighted by Gasteiger charge is -2.10. The van der Waals surface area contributed by atoms with Crippen molar-refractivity contribution in [2.75, 3.05) is 6.61 Å². The van der Waals surface area contributed by atoms with E-state index >= 15 is 0 Å². The van der Waals surface area contributed by atoms with E-state index in [1.807, 2.05) is 6.08 Å². The lowest BCUT2D eigenvalue weighted by Crippen LogP contribution is -2.07. The maximum absolute atomic E-state index is 11.5. The highest BCUT2D eigenvalue weighted by molar-refractivity contribution is 5.71. The van der Waals surface area contributed by atoms with Crippen LogP contribution in [0.2, 0.25) is 0 Å². The molecule has 0 aromatic carbocycles. The number of hydrogen-bond acceptors (Lipinski definition) is 2. The second-order valence-corrected chi connectivity index (χ2v) is 5.48. The normalized spacial score (nSPS) is 28.1. The molecule has 1 heterocycles. The first-order valence-electron chi connectivity index (χ1n) is 7.74. The van der Waals surface area contributed by atoms with Crippen LogP contribution in [0.5, 0.6) is 0 Å². The Morgan fingerprint density at radius 1 is 0.947 bits per heavy atom. The van der Waals surface area contributed by atoms with Crippen molar-refractivity contribution in [3.8, 4) is 0 Å². The summed E-state index contributed by atoms with van der Waals surface area (Å²) in [4.78, 5) is 11.5. The third-order valence-corrected chi connectivity index (χ3v) is 3.55. The van der Waals surface area contributed by atoms with Crippen LogP contribution in [0.1, 0.15) is 64.7 Å². The van der Waals surface area contributed by atoms with Crippen LogP contribution in [-0.2, 0) is 9.53 Å². The standard InChI is InChI=1S/C17H28O2/c1-16-12-10-8-6-4-2-3-5-7-9-11-13-17(18)19-15-14-16/h4,6,9,11,16H,2-3,5,7-8,10,12-15H2,1H3/b6-4-,11-9+. The summed E-state index contributed by atoms with van der Waals surface area (Å²) in [5, 5.41) is 0. The first-order chi connectivity index (χ1) is 9.29. The summed E-state index contributed by atoms with van der Waals surface area (Å²) in [5.41, 5.74) is 0. The Hall–Kier alpha value is -1.05. The molecule has 0 spiro atoms. The molecule has 1 unspecified atom stereocenters. The Kier molecular flexibility index (Phi) is 9.13. The van der Waals surface area contributed by atoms with Crippen LogP contribution in [0, 0.1) is 5.92 Å².